The zero-order valence-corrected chi connectivity index (χ0v) is 27.1. The smallest absolute Gasteiger partial charge is 0.287 e. The lowest BCUT2D eigenvalue weighted by Gasteiger charge is -2.28. The van der Waals surface area contributed by atoms with Gasteiger partial charge < -0.3 is 20.0 Å². The van der Waals surface area contributed by atoms with Crippen molar-refractivity contribution >= 4 is 46.0 Å². The summed E-state index contributed by atoms with van der Waals surface area (Å²) in [7, 11) is 0. The van der Waals surface area contributed by atoms with Crippen molar-refractivity contribution in [2.24, 2.45) is 0 Å². The molecular weight excluding hydrogens is 614 g/mol. The van der Waals surface area contributed by atoms with E-state index in [0.29, 0.717) is 36.0 Å². The molecule has 0 spiro atoms. The molecule has 6 rings (SSSR count). The zero-order valence-electron chi connectivity index (χ0n) is 26.4. The van der Waals surface area contributed by atoms with Crippen molar-refractivity contribution in [3.05, 3.63) is 122 Å². The van der Waals surface area contributed by atoms with Crippen LogP contribution in [0.25, 0.3) is 11.0 Å². The van der Waals surface area contributed by atoms with Crippen LogP contribution in [0.15, 0.2) is 93.7 Å². The number of nitrogens with zero attached hydrogens (tertiary/aromatic N) is 1. The summed E-state index contributed by atoms with van der Waals surface area (Å²) in [5.41, 5.74) is 5.22. The van der Waals surface area contributed by atoms with Crippen LogP contribution in [0.5, 0.6) is 0 Å². The second-order valence-electron chi connectivity index (χ2n) is 12.5. The molecule has 1 aliphatic heterocycles. The molecular formula is C38H38ClN3O5. The molecule has 242 valence electrons. The van der Waals surface area contributed by atoms with Gasteiger partial charge in [0.1, 0.15) is 5.58 Å². The lowest BCUT2D eigenvalue weighted by Crippen LogP contribution is -2.36. The van der Waals surface area contributed by atoms with Gasteiger partial charge in [0.05, 0.1) is 11.4 Å². The van der Waals surface area contributed by atoms with E-state index in [1.54, 1.807) is 18.2 Å². The molecule has 2 N–H and O–H groups in total. The van der Waals surface area contributed by atoms with Crippen molar-refractivity contribution in [1.29, 1.82) is 0 Å². The number of nitrogens with one attached hydrogen (secondary N) is 2. The summed E-state index contributed by atoms with van der Waals surface area (Å²) >= 11 is 6.13. The maximum Gasteiger partial charge on any atom is 0.287 e. The molecule has 2 heterocycles. The Hall–Kier alpha value is -4.69. The lowest BCUT2D eigenvalue weighted by molar-refractivity contribution is -0.128. The van der Waals surface area contributed by atoms with Crippen molar-refractivity contribution in [3.63, 3.8) is 0 Å². The minimum Gasteiger partial charge on any atom is -0.451 e. The van der Waals surface area contributed by atoms with Crippen molar-refractivity contribution < 1.29 is 18.8 Å². The van der Waals surface area contributed by atoms with E-state index in [1.165, 1.54) is 29.7 Å². The normalized spacial score (nSPS) is 17.1. The van der Waals surface area contributed by atoms with Crippen LogP contribution in [-0.4, -0.2) is 35.2 Å². The summed E-state index contributed by atoms with van der Waals surface area (Å²) in [4.78, 5) is 52.2. The molecule has 2 aliphatic rings. The van der Waals surface area contributed by atoms with Crippen LogP contribution >= 0.6 is 11.6 Å². The molecule has 0 radical (unpaired) electrons. The molecule has 47 heavy (non-hydrogen) atoms. The fourth-order valence-corrected chi connectivity index (χ4v) is 6.84. The largest absolute Gasteiger partial charge is 0.451 e. The number of benzene rings is 3. The molecule has 1 atom stereocenters. The second-order valence-corrected chi connectivity index (χ2v) is 12.9. The van der Waals surface area contributed by atoms with E-state index in [1.807, 2.05) is 29.2 Å². The van der Waals surface area contributed by atoms with Crippen LogP contribution in [0, 0.1) is 0 Å². The molecule has 1 saturated heterocycles. The van der Waals surface area contributed by atoms with Gasteiger partial charge in [-0.3, -0.25) is 19.2 Å². The van der Waals surface area contributed by atoms with E-state index in [-0.39, 0.29) is 40.0 Å². The lowest BCUT2D eigenvalue weighted by atomic mass is 9.79. The van der Waals surface area contributed by atoms with Crippen LogP contribution < -0.4 is 16.1 Å². The van der Waals surface area contributed by atoms with Gasteiger partial charge in [0.15, 0.2) is 11.2 Å². The first-order valence-electron chi connectivity index (χ1n) is 16.2. The summed E-state index contributed by atoms with van der Waals surface area (Å²) < 4.78 is 5.86. The number of anilines is 1. The average molecular weight is 652 g/mol. The van der Waals surface area contributed by atoms with Gasteiger partial charge in [0.25, 0.3) is 5.91 Å². The maximum absolute atomic E-state index is 13.5. The Morgan fingerprint density at radius 3 is 2.49 bits per heavy atom. The first-order valence-corrected chi connectivity index (χ1v) is 16.6. The standard InChI is InChI=1S/C38H38ClN3O5/c1-24(43)40-30-16-17-35-33(21-30)34(44)22-36(47-35)38(46)41-31(20-26-10-14-29(39)15-11-26)19-25-8-12-27(13-9-25)32-6-3-2-5-28(32)23-42-18-4-7-37(42)45/h2-3,5-6,10-11,14-17,19,21-22,27,31H,4,7-9,12-13,18,20,23H2,1H3,(H,40,43)(H,41,46)/t27?,31-/m1/s1. The van der Waals surface area contributed by atoms with E-state index in [0.717, 1.165) is 44.2 Å². The fraction of sp³-hybridized carbons (Fsp3) is 0.316. The van der Waals surface area contributed by atoms with Gasteiger partial charge in [-0.25, -0.2) is 0 Å². The summed E-state index contributed by atoms with van der Waals surface area (Å²) in [5, 5.41) is 6.66. The Labute approximate surface area is 278 Å². The summed E-state index contributed by atoms with van der Waals surface area (Å²) in [6.07, 6.45) is 8.03. The van der Waals surface area contributed by atoms with Gasteiger partial charge in [0.2, 0.25) is 11.8 Å². The summed E-state index contributed by atoms with van der Waals surface area (Å²) in [6, 6.07) is 21.6. The Kier molecular flexibility index (Phi) is 9.87. The topological polar surface area (TPSA) is 109 Å². The van der Waals surface area contributed by atoms with E-state index < -0.39 is 5.91 Å². The first kappa shape index (κ1) is 32.3. The molecule has 8 nitrogen and oxygen atoms in total. The van der Waals surface area contributed by atoms with Gasteiger partial charge in [-0.05, 0) is 91.5 Å². The van der Waals surface area contributed by atoms with E-state index in [9.17, 15) is 19.2 Å². The average Bonchev–Trinajstić information content (AvgIpc) is 3.46. The molecule has 0 unspecified atom stereocenters. The van der Waals surface area contributed by atoms with Crippen LogP contribution in [0.2, 0.25) is 5.02 Å². The van der Waals surface area contributed by atoms with Crippen molar-refractivity contribution in [1.82, 2.24) is 10.2 Å². The summed E-state index contributed by atoms with van der Waals surface area (Å²) in [5.74, 6) is -0.167. The second kappa shape index (κ2) is 14.4. The van der Waals surface area contributed by atoms with Crippen LogP contribution in [0.3, 0.4) is 0 Å². The number of rotatable bonds is 9. The van der Waals surface area contributed by atoms with Crippen molar-refractivity contribution in [3.8, 4) is 0 Å². The molecule has 3 aromatic carbocycles. The van der Waals surface area contributed by atoms with Gasteiger partial charge in [-0.1, -0.05) is 59.6 Å². The predicted octanol–water partition coefficient (Wildman–Crippen LogP) is 7.15. The molecule has 3 amide bonds. The highest BCUT2D eigenvalue weighted by Gasteiger charge is 2.25. The van der Waals surface area contributed by atoms with E-state index in [4.69, 9.17) is 16.0 Å². The third-order valence-electron chi connectivity index (χ3n) is 9.05. The Balaban J connectivity index is 1.19. The van der Waals surface area contributed by atoms with E-state index in [2.05, 4.69) is 41.0 Å². The number of allylic oxidation sites excluding steroid dienone is 1. The number of halogens is 1. The molecule has 1 saturated carbocycles. The quantitative estimate of drug-likeness (QED) is 0.187. The molecule has 0 bridgehead atoms. The molecule has 9 heteroatoms. The predicted molar refractivity (Wildman–Crippen MR) is 184 cm³/mol. The number of likely N-dealkylation sites (tertiary alicyclic amines) is 1. The highest BCUT2D eigenvalue weighted by atomic mass is 35.5. The molecule has 4 aromatic rings. The number of carbonyl (C=O) groups excluding carboxylic acids is 3. The minimum absolute atomic E-state index is 0.0777. The van der Waals surface area contributed by atoms with E-state index >= 15 is 0 Å². The Morgan fingerprint density at radius 2 is 1.77 bits per heavy atom. The van der Waals surface area contributed by atoms with Gasteiger partial charge in [0, 0.05) is 43.2 Å². The first-order chi connectivity index (χ1) is 22.7. The minimum atomic E-state index is -0.482. The van der Waals surface area contributed by atoms with Crippen LogP contribution in [0.4, 0.5) is 5.69 Å². The monoisotopic (exact) mass is 651 g/mol. The fourth-order valence-electron chi connectivity index (χ4n) is 6.72. The van der Waals surface area contributed by atoms with Crippen molar-refractivity contribution in [2.75, 3.05) is 11.9 Å². The zero-order chi connectivity index (χ0) is 32.9. The van der Waals surface area contributed by atoms with Gasteiger partial charge in [-0.2, -0.15) is 0 Å². The number of amides is 3. The highest BCUT2D eigenvalue weighted by molar-refractivity contribution is 6.30. The third-order valence-corrected chi connectivity index (χ3v) is 9.30. The maximum atomic E-state index is 13.5. The molecule has 1 aliphatic carbocycles. The SMILES string of the molecule is CC(=O)Nc1ccc2oc(C(=O)N[C@H](C=C3CCC(c4ccccc4CN4CCCC4=O)CC3)Cc3ccc(Cl)cc3)cc(=O)c2c1. The molecule has 2 fully saturated rings. The molecule has 1 aromatic heterocycles. The summed E-state index contributed by atoms with van der Waals surface area (Å²) in [6.45, 7) is 2.89. The van der Waals surface area contributed by atoms with Crippen molar-refractivity contribution in [2.45, 2.75) is 70.4 Å². The Bertz CT molecular complexity index is 1890. The number of hydrogen-bond donors (Lipinski definition) is 2. The third kappa shape index (κ3) is 8.00. The van der Waals surface area contributed by atoms with Crippen LogP contribution in [0.1, 0.15) is 78.6 Å². The number of hydrogen-bond acceptors (Lipinski definition) is 5. The van der Waals surface area contributed by atoms with Gasteiger partial charge >= 0.3 is 0 Å². The Morgan fingerprint density at radius 1 is 1.00 bits per heavy atom. The van der Waals surface area contributed by atoms with Gasteiger partial charge in [-0.15, -0.1) is 0 Å². The number of fused-ring (bicyclic) bond motifs is 1. The number of carbonyl (C=O) groups is 3. The van der Waals surface area contributed by atoms with Crippen LogP contribution in [-0.2, 0) is 22.6 Å². The highest BCUT2D eigenvalue weighted by Crippen LogP contribution is 2.37.